The van der Waals surface area contributed by atoms with Gasteiger partial charge in [0.05, 0.1) is 11.9 Å². The van der Waals surface area contributed by atoms with Crippen LogP contribution in [0, 0.1) is 5.92 Å². The number of amides is 1. The lowest BCUT2D eigenvalue weighted by molar-refractivity contribution is 0.0795. The third-order valence-corrected chi connectivity index (χ3v) is 4.10. The summed E-state index contributed by atoms with van der Waals surface area (Å²) in [6.45, 7) is 5.01. The summed E-state index contributed by atoms with van der Waals surface area (Å²) in [5, 5.41) is 8.61. The van der Waals surface area contributed by atoms with Crippen LogP contribution in [0.1, 0.15) is 29.9 Å². The number of carbonyl (C=O) groups excluding carboxylic acids is 1. The molecule has 0 saturated carbocycles. The van der Waals surface area contributed by atoms with E-state index in [1.165, 1.54) is 11.3 Å². The minimum atomic E-state index is -0.0406. The standard InChI is InChI=1S/C13H18N4OS/c1-8(2)5-7-17(3)13(18)11-10(14)9-4-6-15-16-12(9)19-11/h4,6,8H,5,7,14H2,1-3H3. The molecule has 0 aliphatic carbocycles. The van der Waals surface area contributed by atoms with Gasteiger partial charge in [-0.2, -0.15) is 5.10 Å². The highest BCUT2D eigenvalue weighted by Crippen LogP contribution is 2.32. The van der Waals surface area contributed by atoms with Crippen molar-refractivity contribution in [3.05, 3.63) is 17.1 Å². The highest BCUT2D eigenvalue weighted by molar-refractivity contribution is 7.21. The maximum absolute atomic E-state index is 12.4. The average Bonchev–Trinajstić information content (AvgIpc) is 2.73. The molecule has 2 aromatic heterocycles. The Morgan fingerprint density at radius 3 is 2.89 bits per heavy atom. The van der Waals surface area contributed by atoms with Gasteiger partial charge in [0.25, 0.3) is 5.91 Å². The van der Waals surface area contributed by atoms with Crippen molar-refractivity contribution in [2.24, 2.45) is 5.92 Å². The van der Waals surface area contributed by atoms with Gasteiger partial charge in [-0.1, -0.05) is 13.8 Å². The maximum Gasteiger partial charge on any atom is 0.265 e. The molecule has 6 heteroatoms. The normalized spacial score (nSPS) is 11.2. The topological polar surface area (TPSA) is 72.1 Å². The molecule has 0 aliphatic rings. The number of carbonyl (C=O) groups is 1. The molecule has 0 fully saturated rings. The first kappa shape index (κ1) is 13.7. The van der Waals surface area contributed by atoms with Crippen molar-refractivity contribution in [3.63, 3.8) is 0 Å². The monoisotopic (exact) mass is 278 g/mol. The summed E-state index contributed by atoms with van der Waals surface area (Å²) in [5.41, 5.74) is 6.54. The Labute approximate surface area is 116 Å². The van der Waals surface area contributed by atoms with Gasteiger partial charge in [-0.05, 0) is 18.4 Å². The third kappa shape index (κ3) is 2.84. The van der Waals surface area contributed by atoms with Gasteiger partial charge in [0, 0.05) is 19.0 Å². The first-order valence-electron chi connectivity index (χ1n) is 6.25. The summed E-state index contributed by atoms with van der Waals surface area (Å²) in [7, 11) is 1.81. The van der Waals surface area contributed by atoms with Crippen LogP contribution in [0.3, 0.4) is 0 Å². The molecule has 2 aromatic rings. The van der Waals surface area contributed by atoms with Gasteiger partial charge in [-0.3, -0.25) is 4.79 Å². The molecule has 2 rings (SSSR count). The second kappa shape index (κ2) is 5.52. The van der Waals surface area contributed by atoms with Crippen molar-refractivity contribution in [2.75, 3.05) is 19.3 Å². The van der Waals surface area contributed by atoms with Gasteiger partial charge in [0.1, 0.15) is 9.71 Å². The molecule has 0 aromatic carbocycles. The van der Waals surface area contributed by atoms with Crippen LogP contribution >= 0.6 is 11.3 Å². The lowest BCUT2D eigenvalue weighted by Gasteiger charge is -2.17. The number of anilines is 1. The van der Waals surface area contributed by atoms with E-state index in [9.17, 15) is 4.79 Å². The zero-order valence-electron chi connectivity index (χ0n) is 11.4. The van der Waals surface area contributed by atoms with Crippen molar-refractivity contribution in [2.45, 2.75) is 20.3 Å². The molecule has 0 spiro atoms. The summed E-state index contributed by atoms with van der Waals surface area (Å²) in [6, 6.07) is 1.79. The fourth-order valence-electron chi connectivity index (χ4n) is 1.76. The number of hydrogen-bond acceptors (Lipinski definition) is 5. The largest absolute Gasteiger partial charge is 0.397 e. The van der Waals surface area contributed by atoms with Crippen LogP contribution in [-0.2, 0) is 0 Å². The van der Waals surface area contributed by atoms with Crippen molar-refractivity contribution in [1.29, 1.82) is 0 Å². The number of nitrogen functional groups attached to an aromatic ring is 1. The van der Waals surface area contributed by atoms with E-state index in [0.29, 0.717) is 21.3 Å². The molecule has 0 atom stereocenters. The van der Waals surface area contributed by atoms with Gasteiger partial charge in [-0.25, -0.2) is 0 Å². The number of aromatic nitrogens is 2. The molecule has 0 aliphatic heterocycles. The second-order valence-electron chi connectivity index (χ2n) is 5.00. The zero-order chi connectivity index (χ0) is 14.0. The predicted molar refractivity (Wildman–Crippen MR) is 78.2 cm³/mol. The van der Waals surface area contributed by atoms with Crippen LogP contribution < -0.4 is 5.73 Å². The number of hydrogen-bond donors (Lipinski definition) is 1. The summed E-state index contributed by atoms with van der Waals surface area (Å²) in [5.74, 6) is 0.530. The van der Waals surface area contributed by atoms with E-state index in [1.807, 2.05) is 0 Å². The Bertz CT molecular complexity index is 593. The first-order chi connectivity index (χ1) is 9.00. The van der Waals surface area contributed by atoms with Crippen LogP contribution in [0.5, 0.6) is 0 Å². The second-order valence-corrected chi connectivity index (χ2v) is 6.00. The van der Waals surface area contributed by atoms with Crippen LogP contribution in [0.15, 0.2) is 12.3 Å². The predicted octanol–water partition coefficient (Wildman–Crippen LogP) is 2.39. The van der Waals surface area contributed by atoms with E-state index in [4.69, 9.17) is 5.73 Å². The minimum absolute atomic E-state index is 0.0406. The van der Waals surface area contributed by atoms with Crippen molar-refractivity contribution in [3.8, 4) is 0 Å². The van der Waals surface area contributed by atoms with Gasteiger partial charge in [0.15, 0.2) is 0 Å². The number of nitrogens with zero attached hydrogens (tertiary/aromatic N) is 3. The van der Waals surface area contributed by atoms with Gasteiger partial charge >= 0.3 is 0 Å². The Morgan fingerprint density at radius 1 is 1.53 bits per heavy atom. The molecule has 19 heavy (non-hydrogen) atoms. The average molecular weight is 278 g/mol. The molecule has 0 radical (unpaired) electrons. The molecule has 2 heterocycles. The van der Waals surface area contributed by atoms with Gasteiger partial charge < -0.3 is 10.6 Å². The molecular formula is C13H18N4OS. The summed E-state index contributed by atoms with van der Waals surface area (Å²) < 4.78 is 0. The molecule has 0 bridgehead atoms. The fraction of sp³-hybridized carbons (Fsp3) is 0.462. The van der Waals surface area contributed by atoms with Crippen LogP contribution in [0.4, 0.5) is 5.69 Å². The quantitative estimate of drug-likeness (QED) is 0.932. The van der Waals surface area contributed by atoms with Crippen molar-refractivity contribution < 1.29 is 4.79 Å². The minimum Gasteiger partial charge on any atom is -0.397 e. The summed E-state index contributed by atoms with van der Waals surface area (Å²) >= 11 is 1.30. The fourth-order valence-corrected chi connectivity index (χ4v) is 2.79. The zero-order valence-corrected chi connectivity index (χ0v) is 12.2. The molecule has 0 unspecified atom stereocenters. The Morgan fingerprint density at radius 2 is 2.26 bits per heavy atom. The Hall–Kier alpha value is -1.69. The molecule has 102 valence electrons. The molecule has 5 nitrogen and oxygen atoms in total. The van der Waals surface area contributed by atoms with E-state index in [2.05, 4.69) is 24.0 Å². The number of nitrogens with two attached hydrogens (primary N) is 1. The van der Waals surface area contributed by atoms with Crippen molar-refractivity contribution >= 4 is 33.1 Å². The molecular weight excluding hydrogens is 260 g/mol. The Kier molecular flexibility index (Phi) is 3.99. The molecule has 0 saturated heterocycles. The van der Waals surface area contributed by atoms with E-state index in [1.54, 1.807) is 24.2 Å². The van der Waals surface area contributed by atoms with Crippen LogP contribution in [0.25, 0.3) is 10.2 Å². The number of rotatable bonds is 4. The highest BCUT2D eigenvalue weighted by atomic mass is 32.1. The molecule has 1 amide bonds. The lowest BCUT2D eigenvalue weighted by atomic mass is 10.1. The van der Waals surface area contributed by atoms with Crippen LogP contribution in [0.2, 0.25) is 0 Å². The highest BCUT2D eigenvalue weighted by Gasteiger charge is 2.20. The van der Waals surface area contributed by atoms with E-state index in [-0.39, 0.29) is 5.91 Å². The number of fused-ring (bicyclic) bond motifs is 1. The lowest BCUT2D eigenvalue weighted by Crippen LogP contribution is -2.28. The molecule has 2 N–H and O–H groups in total. The smallest absolute Gasteiger partial charge is 0.265 e. The summed E-state index contributed by atoms with van der Waals surface area (Å²) in [6.07, 6.45) is 2.56. The van der Waals surface area contributed by atoms with E-state index in [0.717, 1.165) is 18.4 Å². The first-order valence-corrected chi connectivity index (χ1v) is 7.07. The van der Waals surface area contributed by atoms with E-state index >= 15 is 0 Å². The van der Waals surface area contributed by atoms with Crippen molar-refractivity contribution in [1.82, 2.24) is 15.1 Å². The van der Waals surface area contributed by atoms with Gasteiger partial charge in [0.2, 0.25) is 0 Å². The number of thiophene rings is 1. The van der Waals surface area contributed by atoms with Gasteiger partial charge in [-0.15, -0.1) is 16.4 Å². The Balaban J connectivity index is 2.24. The summed E-state index contributed by atoms with van der Waals surface area (Å²) in [4.78, 5) is 15.3. The van der Waals surface area contributed by atoms with Crippen LogP contribution in [-0.4, -0.2) is 34.6 Å². The third-order valence-electron chi connectivity index (χ3n) is 3.00. The SMILES string of the molecule is CC(C)CCN(C)C(=O)c1sc2nnccc2c1N. The maximum atomic E-state index is 12.4. The van der Waals surface area contributed by atoms with E-state index < -0.39 is 0 Å².